The standard InChI is InChI=1S/C16H12ClI2N3O3/c17-11-3-1-10(2-4-11)16(25)20-8-14(23)22-21-7-9-5-12(18)15(24)13(19)6-9/h1-7,24H,8H2,(H,20,25)(H,22,23)/b21-7-. The maximum Gasteiger partial charge on any atom is 0.259 e. The van der Waals surface area contributed by atoms with Crippen LogP contribution in [0.25, 0.3) is 0 Å². The van der Waals surface area contributed by atoms with Gasteiger partial charge < -0.3 is 10.4 Å². The van der Waals surface area contributed by atoms with E-state index < -0.39 is 5.91 Å². The molecule has 0 fully saturated rings. The quantitative estimate of drug-likeness (QED) is 0.287. The van der Waals surface area contributed by atoms with Gasteiger partial charge in [0.15, 0.2) is 0 Å². The number of nitrogens with one attached hydrogen (secondary N) is 2. The molecule has 0 saturated heterocycles. The number of hydrogen-bond donors (Lipinski definition) is 3. The number of phenolic OH excluding ortho intramolecular Hbond substituents is 1. The summed E-state index contributed by atoms with van der Waals surface area (Å²) in [6.07, 6.45) is 1.46. The highest BCUT2D eigenvalue weighted by molar-refractivity contribution is 14.1. The SMILES string of the molecule is O=C(CNC(=O)c1ccc(Cl)cc1)N/N=C\c1cc(I)c(O)c(I)c1. The van der Waals surface area contributed by atoms with Crippen LogP contribution in [0.2, 0.25) is 5.02 Å². The Hall–Kier alpha value is -1.40. The molecule has 2 aromatic rings. The summed E-state index contributed by atoms with van der Waals surface area (Å²) in [4.78, 5) is 23.6. The van der Waals surface area contributed by atoms with Gasteiger partial charge in [-0.15, -0.1) is 0 Å². The second-order valence-electron chi connectivity index (χ2n) is 4.82. The molecule has 3 N–H and O–H groups in total. The third kappa shape index (κ3) is 6.12. The number of nitrogens with zero attached hydrogens (tertiary/aromatic N) is 1. The number of hydrogen-bond acceptors (Lipinski definition) is 4. The lowest BCUT2D eigenvalue weighted by atomic mass is 10.2. The van der Waals surface area contributed by atoms with Crippen LogP contribution >= 0.6 is 56.8 Å². The molecule has 0 aliphatic carbocycles. The molecule has 0 radical (unpaired) electrons. The minimum atomic E-state index is -0.457. The molecule has 6 nitrogen and oxygen atoms in total. The smallest absolute Gasteiger partial charge is 0.259 e. The summed E-state index contributed by atoms with van der Waals surface area (Å²) < 4.78 is 1.38. The third-order valence-electron chi connectivity index (χ3n) is 2.96. The van der Waals surface area contributed by atoms with Crippen molar-refractivity contribution in [3.8, 4) is 5.75 Å². The Bertz CT molecular complexity index is 803. The van der Waals surface area contributed by atoms with Gasteiger partial charge in [-0.25, -0.2) is 5.43 Å². The van der Waals surface area contributed by atoms with E-state index in [-0.39, 0.29) is 18.2 Å². The van der Waals surface area contributed by atoms with Crippen molar-refractivity contribution >= 4 is 74.8 Å². The molecule has 0 atom stereocenters. The van der Waals surface area contributed by atoms with Crippen molar-refractivity contribution in [1.82, 2.24) is 10.7 Å². The lowest BCUT2D eigenvalue weighted by Gasteiger charge is -2.05. The third-order valence-corrected chi connectivity index (χ3v) is 4.85. The van der Waals surface area contributed by atoms with Gasteiger partial charge in [-0.2, -0.15) is 5.10 Å². The minimum absolute atomic E-state index is 0.205. The van der Waals surface area contributed by atoms with Crippen molar-refractivity contribution in [2.24, 2.45) is 5.10 Å². The predicted octanol–water partition coefficient (Wildman–Crippen LogP) is 3.13. The van der Waals surface area contributed by atoms with Crippen molar-refractivity contribution < 1.29 is 14.7 Å². The Morgan fingerprint density at radius 3 is 2.36 bits per heavy atom. The molecular formula is C16H12ClI2N3O3. The highest BCUT2D eigenvalue weighted by Crippen LogP contribution is 2.26. The summed E-state index contributed by atoms with van der Waals surface area (Å²) in [5.41, 5.74) is 3.47. The molecule has 25 heavy (non-hydrogen) atoms. The summed E-state index contributed by atoms with van der Waals surface area (Å²) in [6, 6.07) is 9.80. The van der Waals surface area contributed by atoms with E-state index >= 15 is 0 Å². The van der Waals surface area contributed by atoms with E-state index in [2.05, 4.69) is 15.8 Å². The number of rotatable bonds is 5. The first kappa shape index (κ1) is 19.9. The molecular weight excluding hydrogens is 571 g/mol. The van der Waals surface area contributed by atoms with Crippen LogP contribution < -0.4 is 10.7 Å². The monoisotopic (exact) mass is 583 g/mol. The number of halogens is 3. The molecule has 0 unspecified atom stereocenters. The van der Waals surface area contributed by atoms with E-state index in [1.807, 2.05) is 45.2 Å². The first-order valence-corrected chi connectivity index (χ1v) is 9.44. The molecule has 0 heterocycles. The number of phenols is 1. The fourth-order valence-electron chi connectivity index (χ4n) is 1.74. The van der Waals surface area contributed by atoms with E-state index in [1.54, 1.807) is 36.4 Å². The number of carbonyl (C=O) groups is 2. The summed E-state index contributed by atoms with van der Waals surface area (Å²) in [5.74, 6) is -0.618. The van der Waals surface area contributed by atoms with Gasteiger partial charge in [0.05, 0.1) is 19.9 Å². The maximum atomic E-state index is 11.9. The Morgan fingerprint density at radius 1 is 1.16 bits per heavy atom. The van der Waals surface area contributed by atoms with Gasteiger partial charge >= 0.3 is 0 Å². The van der Waals surface area contributed by atoms with Crippen LogP contribution in [0.1, 0.15) is 15.9 Å². The van der Waals surface area contributed by atoms with Crippen LogP contribution in [0.5, 0.6) is 5.75 Å². The van der Waals surface area contributed by atoms with Crippen molar-refractivity contribution in [2.75, 3.05) is 6.54 Å². The van der Waals surface area contributed by atoms with Crippen molar-refractivity contribution in [3.63, 3.8) is 0 Å². The van der Waals surface area contributed by atoms with E-state index in [9.17, 15) is 14.7 Å². The van der Waals surface area contributed by atoms with Gasteiger partial charge in [0, 0.05) is 10.6 Å². The second kappa shape index (κ2) is 9.34. The molecule has 2 aromatic carbocycles. The van der Waals surface area contributed by atoms with Crippen molar-refractivity contribution in [1.29, 1.82) is 0 Å². The summed E-state index contributed by atoms with van der Waals surface area (Å²) >= 11 is 9.77. The fourth-order valence-corrected chi connectivity index (χ4v) is 3.68. The van der Waals surface area contributed by atoms with Gasteiger partial charge in [-0.3, -0.25) is 9.59 Å². The van der Waals surface area contributed by atoms with Crippen LogP contribution in [0.4, 0.5) is 0 Å². The molecule has 0 bridgehead atoms. The van der Waals surface area contributed by atoms with Crippen LogP contribution in [0.15, 0.2) is 41.5 Å². The van der Waals surface area contributed by atoms with Crippen LogP contribution in [0, 0.1) is 7.14 Å². The highest BCUT2D eigenvalue weighted by Gasteiger charge is 2.08. The van der Waals surface area contributed by atoms with E-state index in [4.69, 9.17) is 11.6 Å². The van der Waals surface area contributed by atoms with Gasteiger partial charge in [-0.05, 0) is 87.1 Å². The largest absolute Gasteiger partial charge is 0.506 e. The first-order valence-electron chi connectivity index (χ1n) is 6.90. The molecule has 2 rings (SSSR count). The Balaban J connectivity index is 1.84. The van der Waals surface area contributed by atoms with Gasteiger partial charge in [0.2, 0.25) is 0 Å². The van der Waals surface area contributed by atoms with E-state index in [1.165, 1.54) is 6.21 Å². The normalized spacial score (nSPS) is 10.7. The number of benzene rings is 2. The van der Waals surface area contributed by atoms with Crippen LogP contribution in [-0.2, 0) is 4.79 Å². The molecule has 0 aromatic heterocycles. The first-order chi connectivity index (χ1) is 11.9. The molecule has 0 saturated carbocycles. The van der Waals surface area contributed by atoms with Crippen LogP contribution in [0.3, 0.4) is 0 Å². The maximum absolute atomic E-state index is 11.9. The minimum Gasteiger partial charge on any atom is -0.506 e. The molecule has 0 aliphatic heterocycles. The number of amides is 2. The highest BCUT2D eigenvalue weighted by atomic mass is 127. The van der Waals surface area contributed by atoms with Crippen LogP contribution in [-0.4, -0.2) is 29.7 Å². The lowest BCUT2D eigenvalue weighted by molar-refractivity contribution is -0.120. The van der Waals surface area contributed by atoms with Crippen molar-refractivity contribution in [3.05, 3.63) is 59.7 Å². The zero-order valence-electron chi connectivity index (χ0n) is 12.6. The average Bonchev–Trinajstić information content (AvgIpc) is 2.58. The Labute approximate surface area is 176 Å². The Morgan fingerprint density at radius 2 is 1.76 bits per heavy atom. The van der Waals surface area contributed by atoms with E-state index in [0.29, 0.717) is 17.7 Å². The summed E-state index contributed by atoms with van der Waals surface area (Å²) in [5, 5.41) is 16.6. The molecule has 0 spiro atoms. The molecule has 130 valence electrons. The number of hydrazone groups is 1. The fraction of sp³-hybridized carbons (Fsp3) is 0.0625. The van der Waals surface area contributed by atoms with Gasteiger partial charge in [0.25, 0.3) is 11.8 Å². The molecule has 2 amide bonds. The van der Waals surface area contributed by atoms with E-state index in [0.717, 1.165) is 5.56 Å². The molecule has 0 aliphatic rings. The zero-order chi connectivity index (χ0) is 18.4. The van der Waals surface area contributed by atoms with Gasteiger partial charge in [0.1, 0.15) is 5.75 Å². The topological polar surface area (TPSA) is 90.8 Å². The van der Waals surface area contributed by atoms with Gasteiger partial charge in [-0.1, -0.05) is 11.6 Å². The second-order valence-corrected chi connectivity index (χ2v) is 7.58. The zero-order valence-corrected chi connectivity index (χ0v) is 17.7. The van der Waals surface area contributed by atoms with Crippen molar-refractivity contribution in [2.45, 2.75) is 0 Å². The lowest BCUT2D eigenvalue weighted by Crippen LogP contribution is -2.34. The summed E-state index contributed by atoms with van der Waals surface area (Å²) in [6.45, 7) is -0.205. The molecule has 9 heteroatoms. The number of aromatic hydroxyl groups is 1. The average molecular weight is 584 g/mol. The number of carbonyl (C=O) groups excluding carboxylic acids is 2. The Kier molecular flexibility index (Phi) is 7.44. The predicted molar refractivity (Wildman–Crippen MR) is 113 cm³/mol. The summed E-state index contributed by atoms with van der Waals surface area (Å²) in [7, 11) is 0.